The van der Waals surface area contributed by atoms with Gasteiger partial charge in [0.25, 0.3) is 5.91 Å². The quantitative estimate of drug-likeness (QED) is 0.680. The Morgan fingerprint density at radius 1 is 1.08 bits per heavy atom. The van der Waals surface area contributed by atoms with E-state index in [2.05, 4.69) is 6.92 Å². The van der Waals surface area contributed by atoms with Crippen molar-refractivity contribution in [3.8, 4) is 5.75 Å². The zero-order valence-corrected chi connectivity index (χ0v) is 15.1. The summed E-state index contributed by atoms with van der Waals surface area (Å²) in [4.78, 5) is 26.0. The normalized spacial score (nSPS) is 11.6. The van der Waals surface area contributed by atoms with Crippen LogP contribution in [0.3, 0.4) is 0 Å². The van der Waals surface area contributed by atoms with Crippen molar-refractivity contribution in [1.29, 1.82) is 0 Å². The molecule has 1 atom stereocenters. The van der Waals surface area contributed by atoms with Gasteiger partial charge in [0.05, 0.1) is 0 Å². The van der Waals surface area contributed by atoms with Crippen molar-refractivity contribution in [2.45, 2.75) is 39.8 Å². The molecule has 4 nitrogen and oxygen atoms in total. The molecule has 2 aromatic carbocycles. The van der Waals surface area contributed by atoms with Crippen molar-refractivity contribution in [3.05, 3.63) is 65.7 Å². The summed E-state index contributed by atoms with van der Waals surface area (Å²) in [5.74, 6) is 0.443. The molecule has 0 N–H and O–H groups in total. The molecule has 0 fully saturated rings. The molecule has 4 heteroatoms. The number of ether oxygens (including phenoxy) is 1. The average Bonchev–Trinajstić information content (AvgIpc) is 2.64. The van der Waals surface area contributed by atoms with Crippen LogP contribution in [-0.4, -0.2) is 29.2 Å². The van der Waals surface area contributed by atoms with E-state index in [0.29, 0.717) is 17.9 Å². The van der Waals surface area contributed by atoms with Crippen LogP contribution < -0.4 is 4.74 Å². The zero-order chi connectivity index (χ0) is 18.2. The third kappa shape index (κ3) is 5.45. The first-order valence-corrected chi connectivity index (χ1v) is 8.58. The maximum absolute atomic E-state index is 12.7. The molecule has 0 aromatic heterocycles. The van der Waals surface area contributed by atoms with Gasteiger partial charge in [0.1, 0.15) is 5.75 Å². The number of hydrogen-bond acceptors (Lipinski definition) is 3. The molecule has 1 unspecified atom stereocenters. The third-order valence-electron chi connectivity index (χ3n) is 4.24. The molecule has 0 bridgehead atoms. The molecule has 0 spiro atoms. The van der Waals surface area contributed by atoms with Crippen LogP contribution in [0.5, 0.6) is 5.75 Å². The second kappa shape index (κ2) is 9.02. The Kier molecular flexibility index (Phi) is 6.75. The second-order valence-corrected chi connectivity index (χ2v) is 6.14. The van der Waals surface area contributed by atoms with E-state index in [9.17, 15) is 9.59 Å². The highest BCUT2D eigenvalue weighted by atomic mass is 16.5. The van der Waals surface area contributed by atoms with Gasteiger partial charge in [-0.15, -0.1) is 0 Å². The van der Waals surface area contributed by atoms with Gasteiger partial charge < -0.3 is 9.64 Å². The number of benzene rings is 2. The lowest BCUT2D eigenvalue weighted by Gasteiger charge is -2.28. The van der Waals surface area contributed by atoms with Gasteiger partial charge in [0.2, 0.25) is 0 Å². The summed E-state index contributed by atoms with van der Waals surface area (Å²) in [5.41, 5.74) is 1.67. The van der Waals surface area contributed by atoms with Crippen molar-refractivity contribution in [2.75, 3.05) is 6.61 Å². The Morgan fingerprint density at radius 3 is 2.44 bits per heavy atom. The summed E-state index contributed by atoms with van der Waals surface area (Å²) in [6, 6.07) is 17.0. The van der Waals surface area contributed by atoms with Gasteiger partial charge in [-0.3, -0.25) is 9.59 Å². The number of nitrogens with zero attached hydrogens (tertiary/aromatic N) is 1. The van der Waals surface area contributed by atoms with Gasteiger partial charge >= 0.3 is 0 Å². The van der Waals surface area contributed by atoms with Crippen molar-refractivity contribution in [2.24, 2.45) is 0 Å². The second-order valence-electron chi connectivity index (χ2n) is 6.14. The minimum Gasteiger partial charge on any atom is -0.484 e. The summed E-state index contributed by atoms with van der Waals surface area (Å²) in [5, 5.41) is 0. The molecule has 2 aromatic rings. The molecular weight excluding hydrogens is 314 g/mol. The van der Waals surface area contributed by atoms with Crippen molar-refractivity contribution in [1.82, 2.24) is 4.90 Å². The lowest BCUT2D eigenvalue weighted by molar-refractivity contribution is -0.136. The summed E-state index contributed by atoms with van der Waals surface area (Å²) in [7, 11) is 0. The zero-order valence-electron chi connectivity index (χ0n) is 15.1. The third-order valence-corrected chi connectivity index (χ3v) is 4.24. The maximum Gasteiger partial charge on any atom is 0.261 e. The van der Waals surface area contributed by atoms with Crippen molar-refractivity contribution in [3.63, 3.8) is 0 Å². The number of Topliss-reactive ketones (excluding diaryl/α,β-unsaturated/α-hetero) is 1. The highest BCUT2D eigenvalue weighted by molar-refractivity contribution is 5.94. The lowest BCUT2D eigenvalue weighted by atomic mass is 10.1. The molecule has 0 aliphatic heterocycles. The first kappa shape index (κ1) is 18.7. The molecule has 0 saturated carbocycles. The molecule has 0 radical (unpaired) electrons. The van der Waals surface area contributed by atoms with E-state index < -0.39 is 0 Å². The van der Waals surface area contributed by atoms with Crippen LogP contribution in [0, 0.1) is 0 Å². The topological polar surface area (TPSA) is 46.6 Å². The summed E-state index contributed by atoms with van der Waals surface area (Å²) in [6.07, 6.45) is 0.873. The largest absolute Gasteiger partial charge is 0.484 e. The lowest BCUT2D eigenvalue weighted by Crippen LogP contribution is -2.40. The maximum atomic E-state index is 12.7. The number of rotatable bonds is 8. The molecule has 132 valence electrons. The smallest absolute Gasteiger partial charge is 0.261 e. The predicted octanol–water partition coefficient (Wildman–Crippen LogP) is 4.10. The minimum absolute atomic E-state index is 0.0258. The fourth-order valence-corrected chi connectivity index (χ4v) is 2.52. The highest BCUT2D eigenvalue weighted by Crippen LogP contribution is 2.15. The molecule has 1 amide bonds. The first-order valence-electron chi connectivity index (χ1n) is 8.58. The van der Waals surface area contributed by atoms with E-state index in [4.69, 9.17) is 4.74 Å². The van der Waals surface area contributed by atoms with Crippen LogP contribution >= 0.6 is 0 Å². The molecule has 25 heavy (non-hydrogen) atoms. The van der Waals surface area contributed by atoms with Gasteiger partial charge in [-0.05, 0) is 38.0 Å². The van der Waals surface area contributed by atoms with Crippen LogP contribution in [0.15, 0.2) is 54.6 Å². The number of carbonyl (C=O) groups is 2. The predicted molar refractivity (Wildman–Crippen MR) is 98.7 cm³/mol. The SMILES string of the molecule is CCC(C)N(Cc1ccccc1)C(=O)COc1cccc(C(C)=O)c1. The molecule has 0 saturated heterocycles. The van der Waals surface area contributed by atoms with E-state index in [-0.39, 0.29) is 24.3 Å². The summed E-state index contributed by atoms with van der Waals surface area (Å²) >= 11 is 0. The van der Waals surface area contributed by atoms with Crippen LogP contribution in [0.2, 0.25) is 0 Å². The average molecular weight is 339 g/mol. The Bertz CT molecular complexity index is 712. The van der Waals surface area contributed by atoms with Gasteiger partial charge in [-0.2, -0.15) is 0 Å². The van der Waals surface area contributed by atoms with E-state index in [1.807, 2.05) is 42.2 Å². The molecule has 2 rings (SSSR count). The Labute approximate surface area is 149 Å². The monoisotopic (exact) mass is 339 g/mol. The Balaban J connectivity index is 2.04. The highest BCUT2D eigenvalue weighted by Gasteiger charge is 2.19. The fourth-order valence-electron chi connectivity index (χ4n) is 2.52. The van der Waals surface area contributed by atoms with E-state index in [0.717, 1.165) is 12.0 Å². The van der Waals surface area contributed by atoms with E-state index in [1.165, 1.54) is 6.92 Å². The van der Waals surface area contributed by atoms with E-state index in [1.54, 1.807) is 24.3 Å². The minimum atomic E-state index is -0.0635. The standard InChI is InChI=1S/C21H25NO3/c1-4-16(2)22(14-18-9-6-5-7-10-18)21(24)15-25-20-12-8-11-19(13-20)17(3)23/h5-13,16H,4,14-15H2,1-3H3. The number of ketones is 1. The van der Waals surface area contributed by atoms with Gasteiger partial charge in [-0.25, -0.2) is 0 Å². The molecular formula is C21H25NO3. The summed E-state index contributed by atoms with van der Waals surface area (Å²) < 4.78 is 5.63. The number of hydrogen-bond donors (Lipinski definition) is 0. The first-order chi connectivity index (χ1) is 12.0. The van der Waals surface area contributed by atoms with Gasteiger partial charge in [-0.1, -0.05) is 49.4 Å². The molecule has 0 aliphatic carbocycles. The van der Waals surface area contributed by atoms with Crippen LogP contribution in [0.1, 0.15) is 43.1 Å². The van der Waals surface area contributed by atoms with Crippen LogP contribution in [0.25, 0.3) is 0 Å². The Morgan fingerprint density at radius 2 is 1.80 bits per heavy atom. The molecule has 0 heterocycles. The summed E-state index contributed by atoms with van der Waals surface area (Å²) in [6.45, 7) is 6.13. The van der Waals surface area contributed by atoms with Crippen molar-refractivity contribution < 1.29 is 14.3 Å². The van der Waals surface area contributed by atoms with E-state index >= 15 is 0 Å². The van der Waals surface area contributed by atoms with Crippen LogP contribution in [-0.2, 0) is 11.3 Å². The Hall–Kier alpha value is -2.62. The number of amides is 1. The van der Waals surface area contributed by atoms with Crippen LogP contribution in [0.4, 0.5) is 0 Å². The molecule has 0 aliphatic rings. The van der Waals surface area contributed by atoms with Gasteiger partial charge in [0.15, 0.2) is 12.4 Å². The number of carbonyl (C=O) groups excluding carboxylic acids is 2. The fraction of sp³-hybridized carbons (Fsp3) is 0.333. The van der Waals surface area contributed by atoms with Gasteiger partial charge in [0, 0.05) is 18.2 Å². The van der Waals surface area contributed by atoms with Crippen molar-refractivity contribution >= 4 is 11.7 Å².